The molecule has 13 heteroatoms. The summed E-state index contributed by atoms with van der Waals surface area (Å²) < 4.78 is 33.4. The van der Waals surface area contributed by atoms with E-state index in [1.807, 2.05) is 48.5 Å². The summed E-state index contributed by atoms with van der Waals surface area (Å²) in [7, 11) is 0. The van der Waals surface area contributed by atoms with Gasteiger partial charge in [0, 0.05) is 25.2 Å². The Labute approximate surface area is 279 Å². The van der Waals surface area contributed by atoms with Crippen LogP contribution in [0.15, 0.2) is 0 Å². The molecule has 0 bridgehead atoms. The number of carbonyl (C=O) groups is 3. The van der Waals surface area contributed by atoms with Crippen molar-refractivity contribution in [2.24, 2.45) is 0 Å². The van der Waals surface area contributed by atoms with Crippen molar-refractivity contribution in [3.8, 4) is 5.88 Å². The van der Waals surface area contributed by atoms with Gasteiger partial charge >= 0.3 is 0 Å². The summed E-state index contributed by atoms with van der Waals surface area (Å²) in [6.07, 6.45) is -1.62. The van der Waals surface area contributed by atoms with Crippen molar-refractivity contribution in [1.29, 1.82) is 0 Å². The van der Waals surface area contributed by atoms with Crippen molar-refractivity contribution >= 4 is 34.9 Å². The second kappa shape index (κ2) is 16.4. The van der Waals surface area contributed by atoms with Crippen molar-refractivity contribution in [3.63, 3.8) is 0 Å². The number of ether oxygens (including phenoxy) is 4. The minimum Gasteiger partial charge on any atom is -0.472 e. The van der Waals surface area contributed by atoms with E-state index >= 15 is 0 Å². The first-order chi connectivity index (χ1) is 21.3. The highest BCUT2D eigenvalue weighted by molar-refractivity contribution is 6.99. The number of aliphatic hydroxyl groups is 1. The molecule has 1 aromatic heterocycles. The Kier molecular flexibility index (Phi) is 14.3. The van der Waals surface area contributed by atoms with Crippen LogP contribution in [0, 0.1) is 0 Å². The lowest BCUT2D eigenvalue weighted by atomic mass is 9.83. The Morgan fingerprint density at radius 2 is 1.52 bits per heavy atom. The van der Waals surface area contributed by atoms with Crippen LogP contribution < -0.4 is 9.64 Å². The van der Waals surface area contributed by atoms with E-state index in [-0.39, 0.29) is 24.7 Å². The van der Waals surface area contributed by atoms with Gasteiger partial charge in [0.2, 0.25) is 5.82 Å². The van der Waals surface area contributed by atoms with E-state index in [1.165, 1.54) is 13.8 Å². The zero-order valence-electron chi connectivity index (χ0n) is 30.1. The molecule has 0 aromatic carbocycles. The highest BCUT2D eigenvalue weighted by Crippen LogP contribution is 2.34. The summed E-state index contributed by atoms with van der Waals surface area (Å²) >= 11 is 1.05. The zero-order chi connectivity index (χ0) is 35.1. The quantitative estimate of drug-likeness (QED) is 0.225. The first-order valence-corrected chi connectivity index (χ1v) is 17.2. The summed E-state index contributed by atoms with van der Waals surface area (Å²) in [4.78, 5) is 44.1. The van der Waals surface area contributed by atoms with E-state index in [1.54, 1.807) is 20.8 Å². The number of ketones is 3. The monoisotopic (exact) mass is 670 g/mol. The smallest absolute Gasteiger partial charge is 0.270 e. The summed E-state index contributed by atoms with van der Waals surface area (Å²) in [6.45, 7) is 24.3. The largest absolute Gasteiger partial charge is 0.472 e. The molecule has 264 valence electrons. The molecule has 0 radical (unpaired) electrons. The number of Topliss-reactive ketones (excluding diaryl/α,β-unsaturated/α-hetero) is 3. The molecule has 1 aliphatic rings. The predicted octanol–water partition coefficient (Wildman–Crippen LogP) is 4.26. The highest BCUT2D eigenvalue weighted by Gasteiger charge is 2.48. The zero-order valence-corrected chi connectivity index (χ0v) is 30.9. The topological polar surface area (TPSA) is 141 Å². The van der Waals surface area contributed by atoms with E-state index in [4.69, 9.17) is 18.9 Å². The van der Waals surface area contributed by atoms with Crippen LogP contribution in [0.1, 0.15) is 102 Å². The lowest BCUT2D eigenvalue weighted by Gasteiger charge is -2.50. The van der Waals surface area contributed by atoms with Gasteiger partial charge in [-0.05, 0) is 81.6 Å². The van der Waals surface area contributed by atoms with Crippen LogP contribution >= 0.6 is 11.7 Å². The third kappa shape index (κ3) is 9.53. The molecule has 1 aliphatic heterocycles. The molecule has 5 unspecified atom stereocenters. The van der Waals surface area contributed by atoms with Crippen molar-refractivity contribution in [2.75, 3.05) is 44.4 Å². The lowest BCUT2D eigenvalue weighted by Crippen LogP contribution is -2.64. The second-order valence-electron chi connectivity index (χ2n) is 13.8. The van der Waals surface area contributed by atoms with E-state index < -0.39 is 46.4 Å². The molecule has 0 spiro atoms. The number of morpholine rings is 1. The number of aromatic nitrogens is 2. The molecule has 1 N–H and O–H groups in total. The van der Waals surface area contributed by atoms with Crippen molar-refractivity contribution in [1.82, 2.24) is 13.6 Å². The van der Waals surface area contributed by atoms with Crippen LogP contribution in [0.4, 0.5) is 5.82 Å². The minimum absolute atomic E-state index is 0.0102. The Morgan fingerprint density at radius 1 is 0.935 bits per heavy atom. The molecule has 6 atom stereocenters. The van der Waals surface area contributed by atoms with Crippen LogP contribution in [0.2, 0.25) is 0 Å². The molecule has 12 nitrogen and oxygen atoms in total. The van der Waals surface area contributed by atoms with Gasteiger partial charge in [-0.2, -0.15) is 4.37 Å². The first kappa shape index (κ1) is 40.1. The maximum absolute atomic E-state index is 14.3. The van der Waals surface area contributed by atoms with Crippen LogP contribution in [0.25, 0.3) is 0 Å². The van der Waals surface area contributed by atoms with Crippen LogP contribution in [0.3, 0.4) is 0 Å². The molecule has 0 amide bonds. The first-order valence-electron chi connectivity index (χ1n) is 16.5. The highest BCUT2D eigenvalue weighted by atomic mass is 32.1. The van der Waals surface area contributed by atoms with E-state index in [0.717, 1.165) is 11.7 Å². The second-order valence-corrected chi connectivity index (χ2v) is 14.4. The number of rotatable bonds is 19. The lowest BCUT2D eigenvalue weighted by molar-refractivity contribution is -0.173. The summed E-state index contributed by atoms with van der Waals surface area (Å²) in [5.74, 6) is 0.248. The van der Waals surface area contributed by atoms with Crippen molar-refractivity contribution < 1.29 is 38.4 Å². The van der Waals surface area contributed by atoms with Gasteiger partial charge < -0.3 is 29.0 Å². The summed E-state index contributed by atoms with van der Waals surface area (Å²) in [5.41, 5.74) is -3.98. The number of carbonyl (C=O) groups excluding carboxylic acids is 3. The van der Waals surface area contributed by atoms with Gasteiger partial charge in [-0.25, -0.2) is 0 Å². The number of aliphatic hydroxyl groups excluding tert-OH is 1. The Balaban J connectivity index is 2.51. The fraction of sp³-hybridized carbons (Fsp3) is 0.848. The van der Waals surface area contributed by atoms with E-state index in [0.29, 0.717) is 57.3 Å². The maximum atomic E-state index is 14.3. The molecule has 46 heavy (non-hydrogen) atoms. The van der Waals surface area contributed by atoms with Crippen molar-refractivity contribution in [2.45, 2.75) is 143 Å². The Hall–Kier alpha value is -2.03. The Morgan fingerprint density at radius 3 is 2.00 bits per heavy atom. The van der Waals surface area contributed by atoms with Gasteiger partial charge in [0.15, 0.2) is 17.3 Å². The molecule has 1 saturated heterocycles. The molecular formula is C33H58N4O8S. The third-order valence-electron chi connectivity index (χ3n) is 9.40. The summed E-state index contributed by atoms with van der Waals surface area (Å²) in [5, 5.41) is 10.2. The molecule has 2 heterocycles. The summed E-state index contributed by atoms with van der Waals surface area (Å²) in [6, 6.07) is 0. The molecule has 2 rings (SSSR count). The molecule has 0 saturated carbocycles. The van der Waals surface area contributed by atoms with Crippen molar-refractivity contribution in [3.05, 3.63) is 0 Å². The van der Waals surface area contributed by atoms with Gasteiger partial charge in [0.1, 0.15) is 36.1 Å². The molecule has 1 aromatic rings. The van der Waals surface area contributed by atoms with Crippen LogP contribution in [-0.2, 0) is 28.6 Å². The third-order valence-corrected chi connectivity index (χ3v) is 9.90. The van der Waals surface area contributed by atoms with E-state index in [2.05, 4.69) is 18.5 Å². The fourth-order valence-electron chi connectivity index (χ4n) is 5.87. The predicted molar refractivity (Wildman–Crippen MR) is 179 cm³/mol. The number of hydrogen-bond donors (Lipinski definition) is 1. The minimum atomic E-state index is -1.31. The standard InChI is InChI=1S/C33H58N4O8S/c1-13-31(10,27(41)23(5)44-32(11,14-2)24(6)39)37(30(7,8)9)20-25(45-33(12,15-3)26(40)22(4)38)21-43-29-28(34-46-35-29)36-16-18-42-19-17-36/h22-23,25,38H,13-21H2,1-12H3/t22?,23?,25-,31?,32?,33?/m0/s1. The number of anilines is 1. The fourth-order valence-corrected chi connectivity index (χ4v) is 6.39. The van der Waals surface area contributed by atoms with Gasteiger partial charge in [-0.15, -0.1) is 4.37 Å². The van der Waals surface area contributed by atoms with Gasteiger partial charge in [0.05, 0.1) is 30.5 Å². The van der Waals surface area contributed by atoms with Crippen LogP contribution in [-0.4, -0.2) is 116 Å². The Bertz CT molecular complexity index is 1170. The van der Waals surface area contributed by atoms with Gasteiger partial charge in [0.25, 0.3) is 5.88 Å². The molecule has 1 fully saturated rings. The maximum Gasteiger partial charge on any atom is 0.270 e. The van der Waals surface area contributed by atoms with Gasteiger partial charge in [-0.1, -0.05) is 20.8 Å². The normalized spacial score (nSPS) is 20.3. The van der Waals surface area contributed by atoms with Gasteiger partial charge in [-0.3, -0.25) is 19.3 Å². The number of nitrogens with zero attached hydrogens (tertiary/aromatic N) is 4. The molecule has 0 aliphatic carbocycles. The number of hydrogen-bond acceptors (Lipinski definition) is 13. The van der Waals surface area contributed by atoms with E-state index in [9.17, 15) is 19.5 Å². The molecular weight excluding hydrogens is 612 g/mol. The average molecular weight is 671 g/mol. The average Bonchev–Trinajstić information content (AvgIpc) is 3.49. The SMILES string of the molecule is CCC(C)(OC(C)C(=O)C(C)(CC)N(C[C@@H](COc1nsnc1N1CCOCC1)OC(C)(CC)C(=O)C(C)O)C(C)(C)C)C(C)=O. The van der Waals surface area contributed by atoms with Crippen LogP contribution in [0.5, 0.6) is 5.88 Å².